The fraction of sp³-hybridized carbons (Fsp3) is 0.600. The second-order valence-corrected chi connectivity index (χ2v) is 4.48. The van der Waals surface area contributed by atoms with Crippen LogP contribution < -0.4 is 5.73 Å². The molecule has 2 N–H and O–H groups in total. The van der Waals surface area contributed by atoms with Crippen LogP contribution in [0.2, 0.25) is 0 Å². The van der Waals surface area contributed by atoms with E-state index < -0.39 is 11.7 Å². The Balaban J connectivity index is 2.98. The summed E-state index contributed by atoms with van der Waals surface area (Å²) >= 11 is 0. The van der Waals surface area contributed by atoms with E-state index in [9.17, 15) is 4.79 Å². The van der Waals surface area contributed by atoms with Crippen molar-refractivity contribution in [2.75, 3.05) is 5.73 Å². The van der Waals surface area contributed by atoms with Crippen molar-refractivity contribution in [1.29, 1.82) is 0 Å². The van der Waals surface area contributed by atoms with Gasteiger partial charge in [-0.25, -0.2) is 4.79 Å². The predicted octanol–water partition coefficient (Wildman–Crippen LogP) is 1.87. The molecule has 15 heavy (non-hydrogen) atoms. The molecule has 0 saturated heterocycles. The largest absolute Gasteiger partial charge is 0.442 e. The van der Waals surface area contributed by atoms with E-state index in [0.717, 1.165) is 0 Å². The van der Waals surface area contributed by atoms with Gasteiger partial charge in [-0.05, 0) is 34.6 Å². The van der Waals surface area contributed by atoms with Gasteiger partial charge in [-0.3, -0.25) is 0 Å². The summed E-state index contributed by atoms with van der Waals surface area (Å²) in [7, 11) is 0. The molecule has 0 aliphatic heterocycles. The van der Waals surface area contributed by atoms with Gasteiger partial charge in [-0.1, -0.05) is 0 Å². The standard InChI is InChI=1S/C10H17N3O2/c1-6-8(11)7(2)13(12-6)9(14)15-10(3,4)5/h11H2,1-5H3. The molecule has 5 nitrogen and oxygen atoms in total. The maximum absolute atomic E-state index is 11.7. The number of aromatic nitrogens is 2. The van der Waals surface area contributed by atoms with E-state index in [4.69, 9.17) is 10.5 Å². The zero-order chi connectivity index (χ0) is 11.8. The lowest BCUT2D eigenvalue weighted by Gasteiger charge is -2.19. The number of hydrogen-bond acceptors (Lipinski definition) is 4. The molecule has 0 unspecified atom stereocenters. The number of anilines is 1. The highest BCUT2D eigenvalue weighted by Crippen LogP contribution is 2.16. The van der Waals surface area contributed by atoms with Gasteiger partial charge in [0.05, 0.1) is 17.1 Å². The minimum atomic E-state index is -0.530. The fourth-order valence-corrected chi connectivity index (χ4v) is 1.14. The van der Waals surface area contributed by atoms with Crippen molar-refractivity contribution in [3.05, 3.63) is 11.4 Å². The normalized spacial score (nSPS) is 11.5. The molecule has 0 aliphatic carbocycles. The van der Waals surface area contributed by atoms with Gasteiger partial charge in [-0.15, -0.1) is 0 Å². The molecule has 5 heteroatoms. The molecule has 0 amide bonds. The number of ether oxygens (including phenoxy) is 1. The van der Waals surface area contributed by atoms with Crippen LogP contribution in [0.5, 0.6) is 0 Å². The summed E-state index contributed by atoms with van der Waals surface area (Å²) in [5.41, 5.74) is 6.96. The minimum absolute atomic E-state index is 0.500. The van der Waals surface area contributed by atoms with Crippen LogP contribution in [0.15, 0.2) is 0 Å². The Morgan fingerprint density at radius 2 is 1.93 bits per heavy atom. The Morgan fingerprint density at radius 3 is 2.27 bits per heavy atom. The van der Waals surface area contributed by atoms with Crippen LogP contribution in [0, 0.1) is 13.8 Å². The zero-order valence-electron chi connectivity index (χ0n) is 9.79. The van der Waals surface area contributed by atoms with Crippen LogP contribution >= 0.6 is 0 Å². The molecule has 1 aromatic heterocycles. The van der Waals surface area contributed by atoms with Crippen molar-refractivity contribution in [3.63, 3.8) is 0 Å². The Kier molecular flexibility index (Phi) is 2.75. The predicted molar refractivity (Wildman–Crippen MR) is 57.7 cm³/mol. The van der Waals surface area contributed by atoms with E-state index in [1.165, 1.54) is 4.68 Å². The smallest absolute Gasteiger partial charge is 0.435 e. The maximum Gasteiger partial charge on any atom is 0.435 e. The van der Waals surface area contributed by atoms with Gasteiger partial charge in [0.1, 0.15) is 5.60 Å². The van der Waals surface area contributed by atoms with Crippen LogP contribution in [0.25, 0.3) is 0 Å². The number of aryl methyl sites for hydroxylation is 1. The highest BCUT2D eigenvalue weighted by molar-refractivity contribution is 5.73. The number of carbonyl (C=O) groups is 1. The molecule has 0 aromatic carbocycles. The Bertz CT molecular complexity index is 388. The summed E-state index contributed by atoms with van der Waals surface area (Å²) in [4.78, 5) is 11.7. The summed E-state index contributed by atoms with van der Waals surface area (Å²) in [5.74, 6) is 0. The van der Waals surface area contributed by atoms with Gasteiger partial charge >= 0.3 is 6.09 Å². The van der Waals surface area contributed by atoms with Gasteiger partial charge in [0, 0.05) is 0 Å². The van der Waals surface area contributed by atoms with Crippen LogP contribution in [-0.2, 0) is 4.74 Å². The highest BCUT2D eigenvalue weighted by atomic mass is 16.6. The molecule has 1 aromatic rings. The van der Waals surface area contributed by atoms with Crippen LogP contribution in [0.4, 0.5) is 10.5 Å². The number of hydrogen-bond donors (Lipinski definition) is 1. The average molecular weight is 211 g/mol. The quantitative estimate of drug-likeness (QED) is 0.711. The van der Waals surface area contributed by atoms with Crippen LogP contribution in [0.1, 0.15) is 32.2 Å². The molecular weight excluding hydrogens is 194 g/mol. The Hall–Kier alpha value is -1.52. The molecule has 0 atom stereocenters. The third-order valence-electron chi connectivity index (χ3n) is 1.91. The summed E-state index contributed by atoms with van der Waals surface area (Å²) < 4.78 is 6.37. The van der Waals surface area contributed by atoms with Gasteiger partial charge in [0.25, 0.3) is 0 Å². The van der Waals surface area contributed by atoms with Crippen molar-refractivity contribution >= 4 is 11.8 Å². The molecule has 84 valence electrons. The van der Waals surface area contributed by atoms with E-state index in [2.05, 4.69) is 5.10 Å². The first-order chi connectivity index (χ1) is 6.72. The van der Waals surface area contributed by atoms with E-state index in [-0.39, 0.29) is 0 Å². The summed E-state index contributed by atoms with van der Waals surface area (Å²) in [5, 5.41) is 4.01. The number of nitrogens with two attached hydrogens (primary N) is 1. The summed E-state index contributed by atoms with van der Waals surface area (Å²) in [6.07, 6.45) is -0.500. The van der Waals surface area contributed by atoms with Crippen LogP contribution in [-0.4, -0.2) is 21.5 Å². The molecule has 1 heterocycles. The monoisotopic (exact) mass is 211 g/mol. The Labute approximate surface area is 89.2 Å². The lowest BCUT2D eigenvalue weighted by molar-refractivity contribution is 0.0511. The number of carbonyl (C=O) groups excluding carboxylic acids is 1. The first-order valence-corrected chi connectivity index (χ1v) is 4.77. The van der Waals surface area contributed by atoms with Crippen molar-refractivity contribution in [3.8, 4) is 0 Å². The summed E-state index contributed by atoms with van der Waals surface area (Å²) in [6.45, 7) is 8.91. The number of rotatable bonds is 0. The van der Waals surface area contributed by atoms with Gasteiger partial charge in [0.2, 0.25) is 0 Å². The second kappa shape index (κ2) is 3.56. The van der Waals surface area contributed by atoms with Gasteiger partial charge in [-0.2, -0.15) is 9.78 Å². The molecule has 0 radical (unpaired) electrons. The maximum atomic E-state index is 11.7. The SMILES string of the molecule is Cc1nn(C(=O)OC(C)(C)C)c(C)c1N. The van der Waals surface area contributed by atoms with E-state index >= 15 is 0 Å². The highest BCUT2D eigenvalue weighted by Gasteiger charge is 2.21. The molecular formula is C10H17N3O2. The van der Waals surface area contributed by atoms with Crippen LogP contribution in [0.3, 0.4) is 0 Å². The average Bonchev–Trinajstić information content (AvgIpc) is 2.30. The second-order valence-electron chi connectivity index (χ2n) is 4.48. The van der Waals surface area contributed by atoms with E-state index in [1.54, 1.807) is 34.6 Å². The van der Waals surface area contributed by atoms with Gasteiger partial charge in [0.15, 0.2) is 0 Å². The fourth-order valence-electron chi connectivity index (χ4n) is 1.14. The first-order valence-electron chi connectivity index (χ1n) is 4.77. The minimum Gasteiger partial charge on any atom is -0.442 e. The molecule has 0 saturated carbocycles. The third-order valence-corrected chi connectivity index (χ3v) is 1.91. The number of nitrogen functional groups attached to an aromatic ring is 1. The molecule has 0 bridgehead atoms. The van der Waals surface area contributed by atoms with Crippen molar-refractivity contribution in [1.82, 2.24) is 9.78 Å². The third kappa shape index (κ3) is 2.49. The zero-order valence-corrected chi connectivity index (χ0v) is 9.79. The van der Waals surface area contributed by atoms with E-state index in [0.29, 0.717) is 17.1 Å². The van der Waals surface area contributed by atoms with Crippen molar-refractivity contribution in [2.45, 2.75) is 40.2 Å². The van der Waals surface area contributed by atoms with E-state index in [1.807, 2.05) is 0 Å². The van der Waals surface area contributed by atoms with Crippen molar-refractivity contribution < 1.29 is 9.53 Å². The Morgan fingerprint density at radius 1 is 1.40 bits per heavy atom. The molecule has 0 aliphatic rings. The molecule has 0 spiro atoms. The first kappa shape index (κ1) is 11.6. The topological polar surface area (TPSA) is 70.1 Å². The lowest BCUT2D eigenvalue weighted by Crippen LogP contribution is -2.28. The molecule has 1 rings (SSSR count). The lowest BCUT2D eigenvalue weighted by atomic mass is 10.2. The molecule has 0 fully saturated rings. The summed E-state index contributed by atoms with van der Waals surface area (Å²) in [6, 6.07) is 0. The van der Waals surface area contributed by atoms with Crippen molar-refractivity contribution in [2.24, 2.45) is 0 Å². The number of nitrogens with zero attached hydrogens (tertiary/aromatic N) is 2. The van der Waals surface area contributed by atoms with Gasteiger partial charge < -0.3 is 10.5 Å².